The first kappa shape index (κ1) is 12.2. The summed E-state index contributed by atoms with van der Waals surface area (Å²) in [5.74, 6) is 0. The normalized spacial score (nSPS) is 9.12. The molecule has 3 N–H and O–H groups in total. The van der Waals surface area contributed by atoms with Crippen LogP contribution in [-0.4, -0.2) is 19.5 Å². The second-order valence-corrected chi connectivity index (χ2v) is 3.20. The highest BCUT2D eigenvalue weighted by atomic mass is 32.1. The van der Waals surface area contributed by atoms with Crippen molar-refractivity contribution in [2.45, 2.75) is 0 Å². The van der Waals surface area contributed by atoms with Crippen molar-refractivity contribution in [1.82, 2.24) is 10.7 Å². The van der Waals surface area contributed by atoms with E-state index in [1.165, 1.54) is 11.4 Å². The Labute approximate surface area is 98.5 Å². The maximum Gasteiger partial charge on any atom is 0.331 e. The molecule has 16 heavy (non-hydrogen) atoms. The van der Waals surface area contributed by atoms with E-state index in [4.69, 9.17) is 0 Å². The SMILES string of the molecule is CNC(=O)N(S)c1ccc(NNC=O)cc1. The quantitative estimate of drug-likeness (QED) is 0.356. The highest BCUT2D eigenvalue weighted by Crippen LogP contribution is 2.18. The van der Waals surface area contributed by atoms with E-state index in [1.807, 2.05) is 0 Å². The lowest BCUT2D eigenvalue weighted by atomic mass is 10.3. The Bertz CT molecular complexity index is 368. The van der Waals surface area contributed by atoms with Gasteiger partial charge in [0.05, 0.1) is 11.4 Å². The molecule has 0 saturated carbocycles. The molecule has 0 radical (unpaired) electrons. The van der Waals surface area contributed by atoms with Crippen LogP contribution in [0.3, 0.4) is 0 Å². The highest BCUT2D eigenvalue weighted by Gasteiger charge is 2.08. The van der Waals surface area contributed by atoms with E-state index in [2.05, 4.69) is 29.0 Å². The molecule has 0 spiro atoms. The van der Waals surface area contributed by atoms with Gasteiger partial charge in [-0.05, 0) is 24.3 Å². The van der Waals surface area contributed by atoms with Gasteiger partial charge in [-0.3, -0.25) is 15.6 Å². The van der Waals surface area contributed by atoms with Gasteiger partial charge in [-0.15, -0.1) is 0 Å². The van der Waals surface area contributed by atoms with Gasteiger partial charge in [0, 0.05) is 7.05 Å². The third-order valence-electron chi connectivity index (χ3n) is 1.79. The minimum Gasteiger partial charge on any atom is -0.340 e. The summed E-state index contributed by atoms with van der Waals surface area (Å²) in [6.45, 7) is 0. The zero-order chi connectivity index (χ0) is 12.0. The van der Waals surface area contributed by atoms with Crippen LogP contribution in [0.1, 0.15) is 0 Å². The minimum atomic E-state index is -0.324. The Morgan fingerprint density at radius 2 is 2.00 bits per heavy atom. The van der Waals surface area contributed by atoms with Gasteiger partial charge in [-0.1, -0.05) is 12.8 Å². The first-order chi connectivity index (χ1) is 7.69. The summed E-state index contributed by atoms with van der Waals surface area (Å²) in [4.78, 5) is 21.3. The topological polar surface area (TPSA) is 73.5 Å². The Morgan fingerprint density at radius 1 is 1.38 bits per heavy atom. The van der Waals surface area contributed by atoms with Crippen molar-refractivity contribution in [3.63, 3.8) is 0 Å². The van der Waals surface area contributed by atoms with E-state index in [0.29, 0.717) is 17.8 Å². The maximum atomic E-state index is 11.2. The zero-order valence-corrected chi connectivity index (χ0v) is 9.49. The van der Waals surface area contributed by atoms with Crippen LogP contribution in [0.4, 0.5) is 16.2 Å². The number of carbonyl (C=O) groups is 2. The first-order valence-electron chi connectivity index (χ1n) is 4.45. The lowest BCUT2D eigenvalue weighted by Gasteiger charge is -2.15. The molecule has 0 saturated heterocycles. The summed E-state index contributed by atoms with van der Waals surface area (Å²) in [7, 11) is 1.52. The third kappa shape index (κ3) is 3.06. The van der Waals surface area contributed by atoms with Gasteiger partial charge in [0.15, 0.2) is 0 Å². The van der Waals surface area contributed by atoms with Crippen LogP contribution in [0, 0.1) is 0 Å². The number of thiol groups is 1. The Morgan fingerprint density at radius 3 is 2.50 bits per heavy atom. The Hall–Kier alpha value is -1.89. The lowest BCUT2D eigenvalue weighted by Crippen LogP contribution is -2.30. The van der Waals surface area contributed by atoms with Crippen molar-refractivity contribution in [2.75, 3.05) is 16.8 Å². The summed E-state index contributed by atoms with van der Waals surface area (Å²) in [6, 6.07) is 6.47. The van der Waals surface area contributed by atoms with Gasteiger partial charge in [0.1, 0.15) is 0 Å². The van der Waals surface area contributed by atoms with Crippen molar-refractivity contribution in [2.24, 2.45) is 0 Å². The molecular weight excluding hydrogens is 228 g/mol. The van der Waals surface area contributed by atoms with E-state index < -0.39 is 0 Å². The number of hydrogen-bond acceptors (Lipinski definition) is 4. The van der Waals surface area contributed by atoms with Gasteiger partial charge in [-0.25, -0.2) is 9.10 Å². The van der Waals surface area contributed by atoms with Crippen LogP contribution in [0.2, 0.25) is 0 Å². The number of urea groups is 1. The molecule has 0 unspecified atom stereocenters. The smallest absolute Gasteiger partial charge is 0.331 e. The number of anilines is 2. The van der Waals surface area contributed by atoms with Crippen molar-refractivity contribution in [3.8, 4) is 0 Å². The number of hydrogen-bond donors (Lipinski definition) is 4. The Kier molecular flexibility index (Phi) is 4.46. The lowest BCUT2D eigenvalue weighted by molar-refractivity contribution is -0.109. The minimum absolute atomic E-state index is 0.324. The number of benzene rings is 1. The third-order valence-corrected chi connectivity index (χ3v) is 2.21. The second-order valence-electron chi connectivity index (χ2n) is 2.80. The molecule has 0 aliphatic rings. The van der Waals surface area contributed by atoms with E-state index in [0.717, 1.165) is 0 Å². The fourth-order valence-corrected chi connectivity index (χ4v) is 1.26. The molecule has 1 aromatic rings. The van der Waals surface area contributed by atoms with Crippen molar-refractivity contribution in [3.05, 3.63) is 24.3 Å². The average molecular weight is 240 g/mol. The van der Waals surface area contributed by atoms with Crippen molar-refractivity contribution in [1.29, 1.82) is 0 Å². The van der Waals surface area contributed by atoms with Gasteiger partial charge >= 0.3 is 6.03 Å². The van der Waals surface area contributed by atoms with Crippen molar-refractivity contribution < 1.29 is 9.59 Å². The molecule has 86 valence electrons. The molecule has 0 atom stereocenters. The first-order valence-corrected chi connectivity index (χ1v) is 4.85. The number of nitrogens with one attached hydrogen (secondary N) is 3. The van der Waals surface area contributed by atoms with Crippen LogP contribution in [0.15, 0.2) is 24.3 Å². The number of hydrazine groups is 1. The molecule has 6 nitrogen and oxygen atoms in total. The summed E-state index contributed by atoms with van der Waals surface area (Å²) in [5, 5.41) is 2.45. The molecular formula is C9H12N4O2S. The van der Waals surface area contributed by atoms with Crippen LogP contribution in [0.5, 0.6) is 0 Å². The van der Waals surface area contributed by atoms with E-state index in [1.54, 1.807) is 24.3 Å². The number of amides is 3. The van der Waals surface area contributed by atoms with E-state index >= 15 is 0 Å². The molecule has 0 fully saturated rings. The van der Waals surface area contributed by atoms with Crippen LogP contribution < -0.4 is 20.5 Å². The van der Waals surface area contributed by atoms with Crippen LogP contribution in [-0.2, 0) is 4.79 Å². The van der Waals surface area contributed by atoms with E-state index in [-0.39, 0.29) is 6.03 Å². The molecule has 0 aromatic heterocycles. The molecule has 1 rings (SSSR count). The second kappa shape index (κ2) is 5.86. The van der Waals surface area contributed by atoms with Gasteiger partial charge in [0.2, 0.25) is 6.41 Å². The predicted molar refractivity (Wildman–Crippen MR) is 65.2 cm³/mol. The summed E-state index contributed by atoms with van der Waals surface area (Å²) in [6.07, 6.45) is 0.531. The Balaban J connectivity index is 2.70. The number of carbonyl (C=O) groups excluding carboxylic acids is 2. The standard InChI is InChI=1S/C9H12N4O2S/c1-10-9(15)13(16)8-4-2-7(3-5-8)12-11-6-14/h2-6,12,16H,1H3,(H,10,15)(H,11,14). The average Bonchev–Trinajstić information content (AvgIpc) is 2.35. The van der Waals surface area contributed by atoms with Gasteiger partial charge in [-0.2, -0.15) is 0 Å². The summed E-state index contributed by atoms with van der Waals surface area (Å²) < 4.78 is 1.18. The molecule has 0 aliphatic heterocycles. The van der Waals surface area contributed by atoms with E-state index in [9.17, 15) is 9.59 Å². The molecule has 7 heteroatoms. The molecule has 0 aliphatic carbocycles. The largest absolute Gasteiger partial charge is 0.340 e. The number of rotatable bonds is 4. The van der Waals surface area contributed by atoms with Crippen molar-refractivity contribution >= 4 is 36.6 Å². The monoisotopic (exact) mass is 240 g/mol. The molecule has 0 bridgehead atoms. The van der Waals surface area contributed by atoms with Crippen LogP contribution >= 0.6 is 12.8 Å². The maximum absolute atomic E-state index is 11.2. The van der Waals surface area contributed by atoms with Crippen LogP contribution in [0.25, 0.3) is 0 Å². The summed E-state index contributed by atoms with van der Waals surface area (Å²) in [5.41, 5.74) is 6.27. The molecule has 3 amide bonds. The highest BCUT2D eigenvalue weighted by molar-refractivity contribution is 7.82. The molecule has 1 aromatic carbocycles. The van der Waals surface area contributed by atoms with Gasteiger partial charge < -0.3 is 5.32 Å². The predicted octanol–water partition coefficient (Wildman–Crippen LogP) is 0.750. The fourth-order valence-electron chi connectivity index (χ4n) is 1.02. The summed E-state index contributed by atoms with van der Waals surface area (Å²) >= 11 is 4.03. The number of nitrogens with zero attached hydrogens (tertiary/aromatic N) is 1. The zero-order valence-electron chi connectivity index (χ0n) is 8.60. The fraction of sp³-hybridized carbons (Fsp3) is 0.111. The van der Waals surface area contributed by atoms with Gasteiger partial charge in [0.25, 0.3) is 0 Å². The molecule has 0 heterocycles.